The van der Waals surface area contributed by atoms with Gasteiger partial charge in [-0.2, -0.15) is 0 Å². The Hall–Kier alpha value is -2.92. The minimum atomic E-state index is 0.0782. The molecular weight excluding hydrogens is 484 g/mol. The molecule has 3 rings (SSSR count). The zero-order valence-electron chi connectivity index (χ0n) is 24.2. The summed E-state index contributed by atoms with van der Waals surface area (Å²) in [5.41, 5.74) is 9.13. The zero-order valence-corrected chi connectivity index (χ0v) is 25.0. The molecule has 2 aromatic heterocycles. The van der Waals surface area contributed by atoms with Crippen molar-refractivity contribution >= 4 is 28.6 Å². The van der Waals surface area contributed by atoms with Crippen LogP contribution in [0.4, 0.5) is 5.82 Å². The van der Waals surface area contributed by atoms with E-state index in [1.165, 1.54) is 34.3 Å². The molecule has 0 spiro atoms. The van der Waals surface area contributed by atoms with Crippen LogP contribution in [0.2, 0.25) is 0 Å². The Bertz CT molecular complexity index is 1230. The molecule has 0 aliphatic heterocycles. The van der Waals surface area contributed by atoms with Crippen molar-refractivity contribution in [1.82, 2.24) is 15.0 Å². The fourth-order valence-corrected chi connectivity index (χ4v) is 5.27. The van der Waals surface area contributed by atoms with Gasteiger partial charge in [-0.15, -0.1) is 11.8 Å². The van der Waals surface area contributed by atoms with Crippen LogP contribution in [0.5, 0.6) is 0 Å². The van der Waals surface area contributed by atoms with Crippen molar-refractivity contribution < 1.29 is 0 Å². The third-order valence-corrected chi connectivity index (χ3v) is 7.81. The molecule has 3 aromatic rings. The Kier molecular flexibility index (Phi) is 12.1. The predicted molar refractivity (Wildman–Crippen MR) is 169 cm³/mol. The van der Waals surface area contributed by atoms with E-state index in [0.717, 1.165) is 60.5 Å². The van der Waals surface area contributed by atoms with Crippen LogP contribution in [0.1, 0.15) is 90.6 Å². The van der Waals surface area contributed by atoms with Crippen LogP contribution in [0.25, 0.3) is 11.0 Å². The molecule has 5 heteroatoms. The van der Waals surface area contributed by atoms with Crippen molar-refractivity contribution in [3.8, 4) is 0 Å². The van der Waals surface area contributed by atoms with Gasteiger partial charge in [-0.1, -0.05) is 52.7 Å². The van der Waals surface area contributed by atoms with Gasteiger partial charge < -0.3 is 15.3 Å². The summed E-state index contributed by atoms with van der Waals surface area (Å²) in [6.07, 6.45) is 16.0. The van der Waals surface area contributed by atoms with Gasteiger partial charge in [0.2, 0.25) is 0 Å². The Labute approximate surface area is 234 Å². The molecule has 0 bridgehead atoms. The number of nitrogens with zero attached hydrogens (tertiary/aromatic N) is 1. The summed E-state index contributed by atoms with van der Waals surface area (Å²) < 4.78 is 0. The smallest absolute Gasteiger partial charge is 0.130 e. The van der Waals surface area contributed by atoms with Crippen LogP contribution in [-0.4, -0.2) is 20.7 Å². The lowest BCUT2D eigenvalue weighted by Crippen LogP contribution is -2.15. The highest BCUT2D eigenvalue weighted by Crippen LogP contribution is 2.26. The molecule has 0 radical (unpaired) electrons. The number of rotatable bonds is 15. The number of aryl methyl sites for hydroxylation is 1. The summed E-state index contributed by atoms with van der Waals surface area (Å²) in [4.78, 5) is 11.7. The number of imidazole rings is 1. The molecule has 204 valence electrons. The maximum absolute atomic E-state index is 4.87. The van der Waals surface area contributed by atoms with Crippen molar-refractivity contribution in [2.24, 2.45) is 0 Å². The van der Waals surface area contributed by atoms with Crippen LogP contribution >= 0.6 is 11.8 Å². The van der Waals surface area contributed by atoms with E-state index in [1.54, 1.807) is 0 Å². The average Bonchev–Trinajstić information content (AvgIpc) is 3.49. The second kappa shape index (κ2) is 15.5. The monoisotopic (exact) mass is 530 g/mol. The molecule has 38 heavy (non-hydrogen) atoms. The number of allylic oxidation sites excluding steroid dienone is 7. The number of nitrogens with one attached hydrogen (secondary N) is 3. The molecule has 0 aliphatic carbocycles. The van der Waals surface area contributed by atoms with E-state index in [9.17, 15) is 0 Å². The number of hydrogen-bond acceptors (Lipinski definition) is 3. The Balaban J connectivity index is 1.48. The highest BCUT2D eigenvalue weighted by molar-refractivity contribution is 8.02. The Morgan fingerprint density at radius 3 is 2.18 bits per heavy atom. The molecule has 2 heterocycles. The first kappa shape index (κ1) is 29.6. The number of fused-ring (bicyclic) bond motifs is 1. The molecule has 0 saturated carbocycles. The fraction of sp³-hybridized carbons (Fsp3) is 0.424. The lowest BCUT2D eigenvalue weighted by Gasteiger charge is -2.17. The van der Waals surface area contributed by atoms with Crippen molar-refractivity contribution in [3.63, 3.8) is 0 Å². The van der Waals surface area contributed by atoms with Gasteiger partial charge in [-0.3, -0.25) is 0 Å². The summed E-state index contributed by atoms with van der Waals surface area (Å²) >= 11 is 1.85. The Morgan fingerprint density at radius 1 is 0.895 bits per heavy atom. The summed E-state index contributed by atoms with van der Waals surface area (Å²) in [5, 5.41) is 5.98. The Morgan fingerprint density at radius 2 is 1.55 bits per heavy atom. The number of benzene rings is 1. The van der Waals surface area contributed by atoms with E-state index in [-0.39, 0.29) is 6.04 Å². The molecule has 4 nitrogen and oxygen atoms in total. The van der Waals surface area contributed by atoms with E-state index in [1.807, 2.05) is 30.1 Å². The van der Waals surface area contributed by atoms with Crippen LogP contribution in [-0.2, 0) is 0 Å². The van der Waals surface area contributed by atoms with Gasteiger partial charge in [0, 0.05) is 11.9 Å². The fourth-order valence-electron chi connectivity index (χ4n) is 4.33. The third kappa shape index (κ3) is 10.1. The van der Waals surface area contributed by atoms with E-state index >= 15 is 0 Å². The molecule has 0 aliphatic rings. The SMILES string of the molecule is CC(C)=CCCC(C)=CCCC(C)=CCCC(C)=CSCC(Nc1[nH]ccc1C)c1nc2ccccc2[nH]1. The lowest BCUT2D eigenvalue weighted by molar-refractivity contribution is 0.821. The van der Waals surface area contributed by atoms with Crippen LogP contribution < -0.4 is 5.32 Å². The first-order valence-electron chi connectivity index (χ1n) is 13.9. The summed E-state index contributed by atoms with van der Waals surface area (Å²) in [7, 11) is 0. The maximum Gasteiger partial charge on any atom is 0.130 e. The van der Waals surface area contributed by atoms with Gasteiger partial charge in [-0.05, 0) is 109 Å². The highest BCUT2D eigenvalue weighted by Gasteiger charge is 2.17. The van der Waals surface area contributed by atoms with Crippen molar-refractivity contribution in [1.29, 1.82) is 0 Å². The van der Waals surface area contributed by atoms with E-state index < -0.39 is 0 Å². The number of aromatic amines is 2. The molecule has 1 atom stereocenters. The number of anilines is 1. The maximum atomic E-state index is 4.87. The number of aromatic nitrogens is 3. The third-order valence-electron chi connectivity index (χ3n) is 6.71. The van der Waals surface area contributed by atoms with Crippen molar-refractivity contribution in [2.75, 3.05) is 11.1 Å². The second-order valence-electron chi connectivity index (χ2n) is 10.7. The molecular formula is C33H46N4S. The van der Waals surface area contributed by atoms with Gasteiger partial charge in [0.25, 0.3) is 0 Å². The zero-order chi connectivity index (χ0) is 27.3. The lowest BCUT2D eigenvalue weighted by atomic mass is 10.0. The summed E-state index contributed by atoms with van der Waals surface area (Å²) in [5.74, 6) is 2.91. The molecule has 0 fully saturated rings. The summed E-state index contributed by atoms with van der Waals surface area (Å²) in [6.45, 7) is 13.2. The molecule has 1 unspecified atom stereocenters. The first-order chi connectivity index (χ1) is 18.3. The van der Waals surface area contributed by atoms with E-state index in [0.29, 0.717) is 0 Å². The van der Waals surface area contributed by atoms with Gasteiger partial charge in [-0.25, -0.2) is 4.98 Å². The normalized spacial score (nSPS) is 13.7. The minimum Gasteiger partial charge on any atom is -0.361 e. The largest absolute Gasteiger partial charge is 0.361 e. The molecule has 3 N–H and O–H groups in total. The van der Waals surface area contributed by atoms with Crippen molar-refractivity contribution in [3.05, 3.63) is 93.8 Å². The first-order valence-corrected chi connectivity index (χ1v) is 14.9. The molecule has 0 amide bonds. The van der Waals surface area contributed by atoms with Crippen LogP contribution in [0.15, 0.2) is 82.5 Å². The predicted octanol–water partition coefficient (Wildman–Crippen LogP) is 10.2. The van der Waals surface area contributed by atoms with E-state index in [2.05, 4.69) is 98.7 Å². The van der Waals surface area contributed by atoms with Gasteiger partial charge >= 0.3 is 0 Å². The number of thioether (sulfide) groups is 1. The number of hydrogen-bond donors (Lipinski definition) is 3. The van der Waals surface area contributed by atoms with Crippen LogP contribution in [0, 0.1) is 6.92 Å². The topological polar surface area (TPSA) is 56.5 Å². The average molecular weight is 531 g/mol. The van der Waals surface area contributed by atoms with Gasteiger partial charge in [0.15, 0.2) is 0 Å². The van der Waals surface area contributed by atoms with E-state index in [4.69, 9.17) is 4.98 Å². The van der Waals surface area contributed by atoms with Crippen molar-refractivity contribution in [2.45, 2.75) is 86.1 Å². The second-order valence-corrected chi connectivity index (χ2v) is 11.6. The molecule has 0 saturated heterocycles. The summed E-state index contributed by atoms with van der Waals surface area (Å²) in [6, 6.07) is 10.4. The quantitative estimate of drug-likeness (QED) is 0.171. The highest BCUT2D eigenvalue weighted by atomic mass is 32.2. The number of H-pyrrole nitrogens is 2. The molecule has 1 aromatic carbocycles. The van der Waals surface area contributed by atoms with Gasteiger partial charge in [0.1, 0.15) is 11.6 Å². The standard InChI is InChI=1S/C33H46N4S/c1-24(2)12-9-13-25(3)14-10-15-26(4)16-11-17-27(5)22-38-23-31(37-32-28(6)20-21-34-32)33-35-29-18-7-8-19-30(29)36-33/h7-8,12,14,16,18-22,31,34,37H,9-11,13,15,17,23H2,1-6H3,(H,35,36). The van der Waals surface area contributed by atoms with Gasteiger partial charge in [0.05, 0.1) is 17.1 Å². The van der Waals surface area contributed by atoms with Crippen LogP contribution in [0.3, 0.4) is 0 Å². The minimum absolute atomic E-state index is 0.0782. The number of para-hydroxylation sites is 2.